The van der Waals surface area contributed by atoms with Crippen LogP contribution in [-0.4, -0.2) is 18.1 Å². The molecule has 1 aromatic rings. The molecule has 1 rings (SSSR count). The Kier molecular flexibility index (Phi) is 4.15. The molecule has 14 heavy (non-hydrogen) atoms. The minimum absolute atomic E-state index is 0.224. The molecule has 1 aromatic heterocycles. The van der Waals surface area contributed by atoms with Gasteiger partial charge in [0.15, 0.2) is 0 Å². The fraction of sp³-hybridized carbons (Fsp3) is 0.250. The average molecular weight is 215 g/mol. The zero-order valence-corrected chi connectivity index (χ0v) is 8.45. The average Bonchev–Trinajstić information content (AvgIpc) is 2.17. The lowest BCUT2D eigenvalue weighted by Gasteiger charge is -2.01. The van der Waals surface area contributed by atoms with E-state index in [1.165, 1.54) is 7.11 Å². The van der Waals surface area contributed by atoms with Crippen LogP contribution in [0.15, 0.2) is 23.3 Å². The van der Waals surface area contributed by atoms with Crippen molar-refractivity contribution in [1.29, 1.82) is 0 Å². The maximum absolute atomic E-state index is 5.62. The monoisotopic (exact) mass is 214 g/mol. The highest BCUT2D eigenvalue weighted by atomic mass is 35.5. The van der Waals surface area contributed by atoms with Gasteiger partial charge in [0.05, 0.1) is 13.7 Å². The minimum Gasteiger partial charge on any atom is -0.368 e. The number of hydrogen-bond donors (Lipinski definition) is 2. The summed E-state index contributed by atoms with van der Waals surface area (Å²) >= 11 is 5.62. The Balaban J connectivity index is 2.53. The van der Waals surface area contributed by atoms with Crippen molar-refractivity contribution in [2.45, 2.75) is 6.54 Å². The number of nitrogens with one attached hydrogen (secondary N) is 1. The van der Waals surface area contributed by atoms with Crippen LogP contribution in [0.25, 0.3) is 0 Å². The molecule has 5 nitrogen and oxygen atoms in total. The molecule has 0 amide bonds. The number of rotatable bonds is 3. The molecule has 3 N–H and O–H groups in total. The van der Waals surface area contributed by atoms with Gasteiger partial charge in [0.2, 0.25) is 5.96 Å². The van der Waals surface area contributed by atoms with Crippen molar-refractivity contribution in [3.63, 3.8) is 0 Å². The smallest absolute Gasteiger partial charge is 0.213 e. The van der Waals surface area contributed by atoms with E-state index in [1.54, 1.807) is 12.3 Å². The lowest BCUT2D eigenvalue weighted by atomic mass is 10.3. The van der Waals surface area contributed by atoms with Crippen LogP contribution < -0.4 is 11.2 Å². The van der Waals surface area contributed by atoms with Crippen LogP contribution in [0.3, 0.4) is 0 Å². The number of guanidine groups is 1. The number of aromatic nitrogens is 1. The van der Waals surface area contributed by atoms with Crippen LogP contribution in [-0.2, 0) is 11.4 Å². The van der Waals surface area contributed by atoms with Gasteiger partial charge in [0.25, 0.3) is 0 Å². The van der Waals surface area contributed by atoms with Gasteiger partial charge in [0, 0.05) is 6.20 Å². The van der Waals surface area contributed by atoms with Crippen LogP contribution in [0.2, 0.25) is 5.15 Å². The molecule has 0 atom stereocenters. The summed E-state index contributed by atoms with van der Waals surface area (Å²) in [6.07, 6.45) is 1.64. The largest absolute Gasteiger partial charge is 0.368 e. The molecule has 0 aromatic carbocycles. The Morgan fingerprint density at radius 2 is 2.50 bits per heavy atom. The van der Waals surface area contributed by atoms with E-state index in [4.69, 9.17) is 17.3 Å². The van der Waals surface area contributed by atoms with Crippen molar-refractivity contribution in [2.24, 2.45) is 10.7 Å². The number of pyridine rings is 1. The Morgan fingerprint density at radius 3 is 3.07 bits per heavy atom. The van der Waals surface area contributed by atoms with E-state index < -0.39 is 0 Å². The topological polar surface area (TPSA) is 72.5 Å². The van der Waals surface area contributed by atoms with Gasteiger partial charge in [-0.2, -0.15) is 0 Å². The number of nitrogens with zero attached hydrogens (tertiary/aromatic N) is 2. The summed E-state index contributed by atoms with van der Waals surface area (Å²) in [6, 6.07) is 3.53. The third-order valence-corrected chi connectivity index (χ3v) is 1.65. The minimum atomic E-state index is 0.224. The highest BCUT2D eigenvalue weighted by molar-refractivity contribution is 6.29. The van der Waals surface area contributed by atoms with Gasteiger partial charge < -0.3 is 5.73 Å². The molecular formula is C8H11ClN4O. The first kappa shape index (κ1) is 10.7. The number of halogens is 1. The molecule has 0 aliphatic carbocycles. The maximum Gasteiger partial charge on any atom is 0.213 e. The standard InChI is InChI=1S/C8H11ClN4O/c1-14-13-8(10)12-5-6-2-3-7(9)11-4-6/h2-4H,5H2,1H3,(H3,10,12,13). The molecule has 0 saturated carbocycles. The fourth-order valence-corrected chi connectivity index (χ4v) is 0.925. The van der Waals surface area contributed by atoms with Gasteiger partial charge in [-0.15, -0.1) is 0 Å². The van der Waals surface area contributed by atoms with Crippen molar-refractivity contribution in [1.82, 2.24) is 10.5 Å². The maximum atomic E-state index is 5.62. The zero-order valence-electron chi connectivity index (χ0n) is 7.70. The van der Waals surface area contributed by atoms with E-state index in [-0.39, 0.29) is 5.96 Å². The van der Waals surface area contributed by atoms with E-state index in [2.05, 4.69) is 20.3 Å². The zero-order chi connectivity index (χ0) is 10.4. The number of hydroxylamine groups is 1. The number of hydrogen-bond acceptors (Lipinski definition) is 3. The third-order valence-electron chi connectivity index (χ3n) is 1.43. The predicted octanol–water partition coefficient (Wildman–Crippen LogP) is 0.701. The highest BCUT2D eigenvalue weighted by Gasteiger charge is 1.93. The second kappa shape index (κ2) is 5.41. The summed E-state index contributed by atoms with van der Waals surface area (Å²) in [7, 11) is 1.46. The summed E-state index contributed by atoms with van der Waals surface area (Å²) < 4.78 is 0. The Hall–Kier alpha value is -1.33. The molecule has 0 unspecified atom stereocenters. The Labute approximate surface area is 86.9 Å². The first-order valence-corrected chi connectivity index (χ1v) is 4.29. The fourth-order valence-electron chi connectivity index (χ4n) is 0.813. The summed E-state index contributed by atoms with van der Waals surface area (Å²) in [6.45, 7) is 0.437. The van der Waals surface area contributed by atoms with Crippen molar-refractivity contribution in [3.8, 4) is 0 Å². The molecule has 6 heteroatoms. The summed E-state index contributed by atoms with van der Waals surface area (Å²) in [5.74, 6) is 0.224. The first-order chi connectivity index (χ1) is 6.72. The lowest BCUT2D eigenvalue weighted by Crippen LogP contribution is -2.30. The molecule has 76 valence electrons. The number of nitrogens with two attached hydrogens (primary N) is 1. The van der Waals surface area contributed by atoms with Crippen molar-refractivity contribution in [2.75, 3.05) is 7.11 Å². The highest BCUT2D eigenvalue weighted by Crippen LogP contribution is 2.05. The van der Waals surface area contributed by atoms with Crippen LogP contribution in [0.1, 0.15) is 5.56 Å². The third kappa shape index (κ3) is 3.59. The Bertz CT molecular complexity index is 312. The molecule has 0 aliphatic heterocycles. The summed E-state index contributed by atoms with van der Waals surface area (Å²) in [4.78, 5) is 12.5. The van der Waals surface area contributed by atoms with Crippen LogP contribution in [0.5, 0.6) is 0 Å². The SMILES string of the molecule is CONC(N)=NCc1ccc(Cl)nc1. The molecule has 0 spiro atoms. The van der Waals surface area contributed by atoms with Gasteiger partial charge in [-0.3, -0.25) is 4.84 Å². The van der Waals surface area contributed by atoms with Crippen molar-refractivity contribution >= 4 is 17.6 Å². The molecular weight excluding hydrogens is 204 g/mol. The van der Waals surface area contributed by atoms with Crippen LogP contribution in [0, 0.1) is 0 Å². The summed E-state index contributed by atoms with van der Waals surface area (Å²) in [5.41, 5.74) is 8.76. The number of aliphatic imine (C=N–C) groups is 1. The first-order valence-electron chi connectivity index (χ1n) is 3.91. The van der Waals surface area contributed by atoms with Crippen LogP contribution >= 0.6 is 11.6 Å². The second-order valence-electron chi connectivity index (χ2n) is 2.50. The van der Waals surface area contributed by atoms with E-state index in [0.717, 1.165) is 5.56 Å². The van der Waals surface area contributed by atoms with Gasteiger partial charge in [0.1, 0.15) is 5.15 Å². The normalized spacial score (nSPS) is 11.4. The molecule has 0 radical (unpaired) electrons. The van der Waals surface area contributed by atoms with E-state index in [0.29, 0.717) is 11.7 Å². The quantitative estimate of drug-likeness (QED) is 0.336. The van der Waals surface area contributed by atoms with Crippen molar-refractivity contribution < 1.29 is 4.84 Å². The molecule has 0 bridgehead atoms. The summed E-state index contributed by atoms with van der Waals surface area (Å²) in [5, 5.41) is 0.459. The molecule has 0 aliphatic rings. The second-order valence-corrected chi connectivity index (χ2v) is 2.88. The van der Waals surface area contributed by atoms with Gasteiger partial charge in [-0.1, -0.05) is 17.7 Å². The molecule has 1 heterocycles. The predicted molar refractivity (Wildman–Crippen MR) is 54.7 cm³/mol. The lowest BCUT2D eigenvalue weighted by molar-refractivity contribution is 0.143. The molecule has 0 fully saturated rings. The Morgan fingerprint density at radius 1 is 1.71 bits per heavy atom. The van der Waals surface area contributed by atoms with Crippen LogP contribution in [0.4, 0.5) is 0 Å². The van der Waals surface area contributed by atoms with E-state index >= 15 is 0 Å². The van der Waals surface area contributed by atoms with Gasteiger partial charge >= 0.3 is 0 Å². The van der Waals surface area contributed by atoms with Gasteiger partial charge in [-0.25, -0.2) is 15.5 Å². The van der Waals surface area contributed by atoms with Gasteiger partial charge in [-0.05, 0) is 11.6 Å². The van der Waals surface area contributed by atoms with E-state index in [1.807, 2.05) is 6.07 Å². The molecule has 0 saturated heterocycles. The van der Waals surface area contributed by atoms with E-state index in [9.17, 15) is 0 Å². The van der Waals surface area contributed by atoms with Crippen molar-refractivity contribution in [3.05, 3.63) is 29.0 Å².